The number of carbonyl (C=O) groups excluding carboxylic acids is 1. The number of benzene rings is 2. The molecule has 2 saturated carbocycles. The molecule has 2 aliphatic carbocycles. The van der Waals surface area contributed by atoms with Crippen LogP contribution >= 0.6 is 11.6 Å². The van der Waals surface area contributed by atoms with Gasteiger partial charge in [-0.1, -0.05) is 55.3 Å². The third kappa shape index (κ3) is 6.34. The van der Waals surface area contributed by atoms with Crippen LogP contribution in [0.2, 0.25) is 5.02 Å². The summed E-state index contributed by atoms with van der Waals surface area (Å²) in [6.07, 6.45) is 12.2. The first-order valence-electron chi connectivity index (χ1n) is 13.4. The summed E-state index contributed by atoms with van der Waals surface area (Å²) < 4.78 is 12.9. The van der Waals surface area contributed by atoms with Gasteiger partial charge in [-0.25, -0.2) is 0 Å². The predicted molar refractivity (Wildman–Crippen MR) is 147 cm³/mol. The number of nitrogens with one attached hydrogen (secondary N) is 1. The summed E-state index contributed by atoms with van der Waals surface area (Å²) in [7, 11) is 0. The van der Waals surface area contributed by atoms with Crippen LogP contribution in [-0.4, -0.2) is 24.0 Å². The van der Waals surface area contributed by atoms with E-state index < -0.39 is 0 Å². The number of halogens is 1. The Balaban J connectivity index is 1.30. The van der Waals surface area contributed by atoms with E-state index in [-0.39, 0.29) is 5.60 Å². The van der Waals surface area contributed by atoms with Crippen LogP contribution in [0.1, 0.15) is 74.5 Å². The van der Waals surface area contributed by atoms with E-state index >= 15 is 0 Å². The summed E-state index contributed by atoms with van der Waals surface area (Å²) in [5.74, 6) is 1.34. The Labute approximate surface area is 224 Å². The molecule has 1 unspecified atom stereocenters. The summed E-state index contributed by atoms with van der Waals surface area (Å²) >= 11 is 6.61. The number of rotatable bonds is 14. The Bertz CT molecular complexity index is 1220. The Morgan fingerprint density at radius 1 is 1.14 bits per heavy atom. The number of carbonyl (C=O) groups is 1. The smallest absolute Gasteiger partial charge is 0.207 e. The molecule has 0 bridgehead atoms. The van der Waals surface area contributed by atoms with Gasteiger partial charge in [0, 0.05) is 35.1 Å². The summed E-state index contributed by atoms with van der Waals surface area (Å²) in [5.41, 5.74) is 5.27. The highest BCUT2D eigenvalue weighted by molar-refractivity contribution is 6.31. The number of amides is 1. The minimum Gasteiger partial charge on any atom is -0.490 e. The van der Waals surface area contributed by atoms with E-state index in [2.05, 4.69) is 53.6 Å². The van der Waals surface area contributed by atoms with Crippen molar-refractivity contribution in [2.45, 2.75) is 76.1 Å². The van der Waals surface area contributed by atoms with Gasteiger partial charge in [-0.2, -0.15) is 0 Å². The van der Waals surface area contributed by atoms with Crippen LogP contribution in [0.15, 0.2) is 60.9 Å². The second-order valence-electron chi connectivity index (χ2n) is 10.3. The molecule has 0 saturated heterocycles. The number of pyridine rings is 1. The van der Waals surface area contributed by atoms with E-state index in [1.807, 2.05) is 24.5 Å². The maximum atomic E-state index is 10.4. The van der Waals surface area contributed by atoms with Crippen molar-refractivity contribution in [1.29, 1.82) is 0 Å². The largest absolute Gasteiger partial charge is 0.490 e. The molecule has 2 aliphatic rings. The Hall–Kier alpha value is -2.89. The third-order valence-corrected chi connectivity index (χ3v) is 7.81. The highest BCUT2D eigenvalue weighted by atomic mass is 35.5. The lowest BCUT2D eigenvalue weighted by atomic mass is 9.94. The van der Waals surface area contributed by atoms with E-state index in [0.29, 0.717) is 18.6 Å². The molecule has 0 aliphatic heterocycles. The summed E-state index contributed by atoms with van der Waals surface area (Å²) in [6.45, 7) is 3.43. The molecule has 194 valence electrons. The van der Waals surface area contributed by atoms with Crippen molar-refractivity contribution in [2.24, 2.45) is 0 Å². The van der Waals surface area contributed by atoms with Crippen LogP contribution in [0.5, 0.6) is 5.75 Å². The van der Waals surface area contributed by atoms with Gasteiger partial charge < -0.3 is 14.8 Å². The minimum absolute atomic E-state index is 0.336. The summed E-state index contributed by atoms with van der Waals surface area (Å²) in [5, 5.41) is 3.46. The van der Waals surface area contributed by atoms with Gasteiger partial charge in [0.2, 0.25) is 6.41 Å². The van der Waals surface area contributed by atoms with Crippen LogP contribution in [0.4, 0.5) is 0 Å². The van der Waals surface area contributed by atoms with Gasteiger partial charge in [0.05, 0.1) is 18.3 Å². The van der Waals surface area contributed by atoms with E-state index in [1.165, 1.54) is 5.56 Å². The Morgan fingerprint density at radius 3 is 2.76 bits per heavy atom. The van der Waals surface area contributed by atoms with Gasteiger partial charge in [0.1, 0.15) is 5.75 Å². The SMILES string of the molecule is CC(CCCCNC=O)c1ccc(Cl)c(COC2(c3cnccc3-c3ccccc3OC3CC3)CC2)c1. The van der Waals surface area contributed by atoms with Crippen LogP contribution in [0.25, 0.3) is 11.1 Å². The molecule has 1 atom stereocenters. The first kappa shape index (κ1) is 25.7. The zero-order valence-corrected chi connectivity index (χ0v) is 22.2. The quantitative estimate of drug-likeness (QED) is 0.181. The number of aromatic nitrogens is 1. The highest BCUT2D eigenvalue weighted by Crippen LogP contribution is 2.53. The van der Waals surface area contributed by atoms with E-state index in [4.69, 9.17) is 21.1 Å². The number of nitrogens with zero attached hydrogens (tertiary/aromatic N) is 1. The van der Waals surface area contributed by atoms with Gasteiger partial charge in [0.15, 0.2) is 0 Å². The van der Waals surface area contributed by atoms with Crippen molar-refractivity contribution in [2.75, 3.05) is 6.54 Å². The average Bonchev–Trinajstić information content (AvgIpc) is 3.86. The number of hydrogen-bond donors (Lipinski definition) is 1. The molecule has 5 nitrogen and oxygen atoms in total. The van der Waals surface area contributed by atoms with E-state index in [9.17, 15) is 4.79 Å². The van der Waals surface area contributed by atoms with Gasteiger partial charge >= 0.3 is 0 Å². The minimum atomic E-state index is -0.354. The van der Waals surface area contributed by atoms with Crippen molar-refractivity contribution in [1.82, 2.24) is 10.3 Å². The molecule has 37 heavy (non-hydrogen) atoms. The second-order valence-corrected chi connectivity index (χ2v) is 10.7. The van der Waals surface area contributed by atoms with Gasteiger partial charge in [0.25, 0.3) is 0 Å². The molecule has 3 aromatic rings. The summed E-state index contributed by atoms with van der Waals surface area (Å²) in [6, 6.07) is 16.6. The standard InChI is InChI=1S/C31H35ClN2O3/c1-22(6-4-5-16-34-21-35)23-9-12-29(32)24(18-23)20-36-31(14-15-31)28-19-33-17-13-26(28)27-7-2-3-8-30(27)37-25-10-11-25/h2-3,7-9,12-13,17-19,21-22,25H,4-6,10-11,14-16,20H2,1H3,(H,34,35). The maximum Gasteiger partial charge on any atom is 0.207 e. The second kappa shape index (κ2) is 11.7. The van der Waals surface area contributed by atoms with Crippen molar-refractivity contribution < 1.29 is 14.3 Å². The third-order valence-electron chi connectivity index (χ3n) is 7.45. The molecule has 0 radical (unpaired) electrons. The fourth-order valence-corrected chi connectivity index (χ4v) is 5.06. The molecule has 2 aromatic carbocycles. The van der Waals surface area contributed by atoms with Gasteiger partial charge in [-0.15, -0.1) is 0 Å². The lowest BCUT2D eigenvalue weighted by Crippen LogP contribution is -2.14. The van der Waals surface area contributed by atoms with Crippen molar-refractivity contribution in [3.63, 3.8) is 0 Å². The lowest BCUT2D eigenvalue weighted by Gasteiger charge is -2.22. The number of hydrogen-bond acceptors (Lipinski definition) is 4. The van der Waals surface area contributed by atoms with Crippen LogP contribution < -0.4 is 10.1 Å². The fourth-order valence-electron chi connectivity index (χ4n) is 4.89. The van der Waals surface area contributed by atoms with Gasteiger partial charge in [-0.05, 0) is 79.3 Å². The Kier molecular flexibility index (Phi) is 8.11. The van der Waals surface area contributed by atoms with Crippen molar-refractivity contribution in [3.8, 4) is 16.9 Å². The van der Waals surface area contributed by atoms with Gasteiger partial charge in [-0.3, -0.25) is 9.78 Å². The van der Waals surface area contributed by atoms with Crippen LogP contribution in [-0.2, 0) is 21.7 Å². The molecule has 1 heterocycles. The molecule has 1 amide bonds. The molecule has 5 rings (SSSR count). The molecule has 2 fully saturated rings. The van der Waals surface area contributed by atoms with Crippen LogP contribution in [0.3, 0.4) is 0 Å². The topological polar surface area (TPSA) is 60.5 Å². The maximum absolute atomic E-state index is 10.4. The molecular formula is C31H35ClN2O3. The molecular weight excluding hydrogens is 484 g/mol. The first-order valence-corrected chi connectivity index (χ1v) is 13.8. The van der Waals surface area contributed by atoms with E-state index in [1.54, 1.807) is 0 Å². The lowest BCUT2D eigenvalue weighted by molar-refractivity contribution is -0.109. The van der Waals surface area contributed by atoms with Crippen molar-refractivity contribution in [3.05, 3.63) is 82.6 Å². The highest BCUT2D eigenvalue weighted by Gasteiger charge is 2.47. The first-order chi connectivity index (χ1) is 18.1. The Morgan fingerprint density at radius 2 is 1.97 bits per heavy atom. The normalized spacial score (nSPS) is 16.7. The van der Waals surface area contributed by atoms with Crippen LogP contribution in [0, 0.1) is 0 Å². The van der Waals surface area contributed by atoms with E-state index in [0.717, 1.165) is 90.9 Å². The predicted octanol–water partition coefficient (Wildman–Crippen LogP) is 7.17. The molecule has 1 N–H and O–H groups in total. The number of unbranched alkanes of at least 4 members (excludes halogenated alkanes) is 1. The number of ether oxygens (including phenoxy) is 2. The monoisotopic (exact) mass is 518 g/mol. The fraction of sp³-hybridized carbons (Fsp3) is 0.419. The molecule has 0 spiro atoms. The van der Waals surface area contributed by atoms with Crippen molar-refractivity contribution >= 4 is 18.0 Å². The average molecular weight is 519 g/mol. The number of para-hydroxylation sites is 1. The zero-order chi connectivity index (χ0) is 25.7. The molecule has 1 aromatic heterocycles. The molecule has 6 heteroatoms. The summed E-state index contributed by atoms with van der Waals surface area (Å²) in [4.78, 5) is 14.9. The zero-order valence-electron chi connectivity index (χ0n) is 21.4.